The Morgan fingerprint density at radius 3 is 2.64 bits per heavy atom. The standard InChI is InChI=1S/C20H18ClNO2S/c1-22(13-18-8-9-19(21)25-18)20(23)10-4-14-3-5-16-12-17(24-2)7-6-15(16)11-14/h3-12H,13H2,1-2H3/b10-4+. The predicted molar refractivity (Wildman–Crippen MR) is 105 cm³/mol. The maximum Gasteiger partial charge on any atom is 0.246 e. The molecule has 0 aliphatic rings. The molecule has 3 rings (SSSR count). The number of nitrogens with zero attached hydrogens (tertiary/aromatic N) is 1. The van der Waals surface area contributed by atoms with E-state index in [-0.39, 0.29) is 5.91 Å². The highest BCUT2D eigenvalue weighted by Gasteiger charge is 2.07. The summed E-state index contributed by atoms with van der Waals surface area (Å²) < 4.78 is 5.97. The quantitative estimate of drug-likeness (QED) is 0.574. The molecule has 0 aliphatic heterocycles. The molecular formula is C20H18ClNO2S. The molecule has 0 aliphatic carbocycles. The first-order valence-electron chi connectivity index (χ1n) is 7.80. The zero-order valence-corrected chi connectivity index (χ0v) is 15.6. The maximum absolute atomic E-state index is 12.3. The molecule has 3 nitrogen and oxygen atoms in total. The van der Waals surface area contributed by atoms with Crippen molar-refractivity contribution in [3.63, 3.8) is 0 Å². The van der Waals surface area contributed by atoms with E-state index in [1.807, 2.05) is 48.5 Å². The van der Waals surface area contributed by atoms with Crippen LogP contribution in [0.2, 0.25) is 4.34 Å². The van der Waals surface area contributed by atoms with E-state index in [0.717, 1.165) is 31.3 Å². The van der Waals surface area contributed by atoms with Crippen LogP contribution in [0.3, 0.4) is 0 Å². The van der Waals surface area contributed by atoms with Crippen LogP contribution in [0.15, 0.2) is 54.6 Å². The van der Waals surface area contributed by atoms with Crippen LogP contribution in [-0.2, 0) is 11.3 Å². The number of fused-ring (bicyclic) bond motifs is 1. The van der Waals surface area contributed by atoms with Crippen LogP contribution in [-0.4, -0.2) is 25.0 Å². The Morgan fingerprint density at radius 1 is 1.16 bits per heavy atom. The lowest BCUT2D eigenvalue weighted by Crippen LogP contribution is -2.23. The van der Waals surface area contributed by atoms with Crippen LogP contribution < -0.4 is 4.74 Å². The van der Waals surface area contributed by atoms with E-state index in [0.29, 0.717) is 6.54 Å². The first-order chi connectivity index (χ1) is 12.0. The highest BCUT2D eigenvalue weighted by atomic mass is 35.5. The molecule has 0 spiro atoms. The average Bonchev–Trinajstić information content (AvgIpc) is 3.03. The largest absolute Gasteiger partial charge is 0.497 e. The highest BCUT2D eigenvalue weighted by molar-refractivity contribution is 7.16. The van der Waals surface area contributed by atoms with Crippen LogP contribution in [0.1, 0.15) is 10.4 Å². The van der Waals surface area contributed by atoms with E-state index >= 15 is 0 Å². The number of halogens is 1. The lowest BCUT2D eigenvalue weighted by molar-refractivity contribution is -0.125. The Hall–Kier alpha value is -2.30. The normalized spacial score (nSPS) is 11.2. The zero-order valence-electron chi connectivity index (χ0n) is 14.0. The smallest absolute Gasteiger partial charge is 0.246 e. The van der Waals surface area contributed by atoms with Gasteiger partial charge in [-0.15, -0.1) is 11.3 Å². The number of carbonyl (C=O) groups excluding carboxylic acids is 1. The summed E-state index contributed by atoms with van der Waals surface area (Å²) in [6.07, 6.45) is 3.43. The molecule has 1 amide bonds. The van der Waals surface area contributed by atoms with Gasteiger partial charge in [0.15, 0.2) is 0 Å². The summed E-state index contributed by atoms with van der Waals surface area (Å²) >= 11 is 7.41. The minimum absolute atomic E-state index is 0.0423. The first-order valence-corrected chi connectivity index (χ1v) is 9.00. The Bertz CT molecular complexity index is 932. The number of ether oxygens (including phenoxy) is 1. The van der Waals surface area contributed by atoms with E-state index < -0.39 is 0 Å². The second-order valence-electron chi connectivity index (χ2n) is 5.71. The molecule has 3 aromatic rings. The van der Waals surface area contributed by atoms with Crippen molar-refractivity contribution in [3.8, 4) is 5.75 Å². The lowest BCUT2D eigenvalue weighted by atomic mass is 10.1. The molecular weight excluding hydrogens is 354 g/mol. The molecule has 0 saturated heterocycles. The second-order valence-corrected chi connectivity index (χ2v) is 7.51. The third-order valence-electron chi connectivity index (χ3n) is 3.89. The number of methoxy groups -OCH3 is 1. The topological polar surface area (TPSA) is 29.5 Å². The molecule has 5 heteroatoms. The average molecular weight is 372 g/mol. The van der Waals surface area contributed by atoms with Crippen LogP contribution in [0.4, 0.5) is 0 Å². The molecule has 0 fully saturated rings. The summed E-state index contributed by atoms with van der Waals surface area (Å²) in [5.41, 5.74) is 0.985. The fraction of sp³-hybridized carbons (Fsp3) is 0.150. The Morgan fingerprint density at radius 2 is 1.92 bits per heavy atom. The van der Waals surface area contributed by atoms with Crippen LogP contribution in [0, 0.1) is 0 Å². The van der Waals surface area contributed by atoms with E-state index in [9.17, 15) is 4.79 Å². The van der Waals surface area contributed by atoms with Crippen molar-refractivity contribution in [1.82, 2.24) is 4.90 Å². The van der Waals surface area contributed by atoms with Gasteiger partial charge in [0.1, 0.15) is 5.75 Å². The van der Waals surface area contributed by atoms with E-state index in [1.165, 1.54) is 11.3 Å². The van der Waals surface area contributed by atoms with E-state index in [1.54, 1.807) is 25.1 Å². The minimum atomic E-state index is -0.0423. The number of hydrogen-bond acceptors (Lipinski definition) is 3. The number of carbonyl (C=O) groups is 1. The third kappa shape index (κ3) is 4.41. The molecule has 0 unspecified atom stereocenters. The van der Waals surface area contributed by atoms with Crippen molar-refractivity contribution in [2.75, 3.05) is 14.2 Å². The summed E-state index contributed by atoms with van der Waals surface area (Å²) in [6.45, 7) is 0.554. The van der Waals surface area contributed by atoms with Gasteiger partial charge in [-0.2, -0.15) is 0 Å². The predicted octanol–water partition coefficient (Wildman–Crippen LogP) is 5.24. The van der Waals surface area contributed by atoms with Gasteiger partial charge in [-0.1, -0.05) is 29.8 Å². The molecule has 0 radical (unpaired) electrons. The third-order valence-corrected chi connectivity index (χ3v) is 5.10. The molecule has 0 N–H and O–H groups in total. The minimum Gasteiger partial charge on any atom is -0.497 e. The number of likely N-dealkylation sites (N-methyl/N-ethyl adjacent to an activating group) is 1. The fourth-order valence-electron chi connectivity index (χ4n) is 2.52. The molecule has 128 valence electrons. The molecule has 25 heavy (non-hydrogen) atoms. The summed E-state index contributed by atoms with van der Waals surface area (Å²) in [5.74, 6) is 0.792. The first kappa shape index (κ1) is 17.5. The van der Waals surface area contributed by atoms with Crippen LogP contribution in [0.5, 0.6) is 5.75 Å². The van der Waals surface area contributed by atoms with Gasteiger partial charge in [0.05, 0.1) is 18.0 Å². The fourth-order valence-corrected chi connectivity index (χ4v) is 3.66. The molecule has 0 atom stereocenters. The molecule has 1 aromatic heterocycles. The van der Waals surface area contributed by atoms with Crippen molar-refractivity contribution < 1.29 is 9.53 Å². The molecule has 0 bridgehead atoms. The van der Waals surface area contributed by atoms with Gasteiger partial charge >= 0.3 is 0 Å². The molecule has 2 aromatic carbocycles. The van der Waals surface area contributed by atoms with Gasteiger partial charge in [0.2, 0.25) is 5.91 Å². The Labute approximate surface area is 156 Å². The van der Waals surface area contributed by atoms with Crippen molar-refractivity contribution in [2.24, 2.45) is 0 Å². The van der Waals surface area contributed by atoms with Crippen molar-refractivity contribution >= 4 is 45.7 Å². The molecule has 1 heterocycles. The van der Waals surface area contributed by atoms with E-state index in [2.05, 4.69) is 6.07 Å². The summed E-state index contributed by atoms with van der Waals surface area (Å²) in [6, 6.07) is 15.8. The van der Waals surface area contributed by atoms with Crippen LogP contribution in [0.25, 0.3) is 16.8 Å². The SMILES string of the molecule is COc1ccc2cc(/C=C/C(=O)N(C)Cc3ccc(Cl)s3)ccc2c1. The van der Waals surface area contributed by atoms with Gasteiger partial charge < -0.3 is 9.64 Å². The Kier molecular flexibility index (Phi) is 5.41. The number of amides is 1. The van der Waals surface area contributed by atoms with Gasteiger partial charge in [-0.25, -0.2) is 0 Å². The molecule has 0 saturated carbocycles. The number of rotatable bonds is 5. The summed E-state index contributed by atoms with van der Waals surface area (Å²) in [7, 11) is 3.44. The summed E-state index contributed by atoms with van der Waals surface area (Å²) in [4.78, 5) is 15.0. The summed E-state index contributed by atoms with van der Waals surface area (Å²) in [5, 5.41) is 2.21. The van der Waals surface area contributed by atoms with Gasteiger partial charge in [0, 0.05) is 18.0 Å². The van der Waals surface area contributed by atoms with Crippen molar-refractivity contribution in [2.45, 2.75) is 6.54 Å². The van der Waals surface area contributed by atoms with Gasteiger partial charge in [-0.3, -0.25) is 4.79 Å². The lowest BCUT2D eigenvalue weighted by Gasteiger charge is -2.13. The van der Waals surface area contributed by atoms with Crippen molar-refractivity contribution in [1.29, 1.82) is 0 Å². The highest BCUT2D eigenvalue weighted by Crippen LogP contribution is 2.23. The monoisotopic (exact) mass is 371 g/mol. The number of hydrogen-bond donors (Lipinski definition) is 0. The van der Waals surface area contributed by atoms with Gasteiger partial charge in [0.25, 0.3) is 0 Å². The van der Waals surface area contributed by atoms with Crippen molar-refractivity contribution in [3.05, 3.63) is 69.4 Å². The maximum atomic E-state index is 12.3. The van der Waals surface area contributed by atoms with Gasteiger partial charge in [-0.05, 0) is 52.7 Å². The zero-order chi connectivity index (χ0) is 17.8. The van der Waals surface area contributed by atoms with E-state index in [4.69, 9.17) is 16.3 Å². The number of thiophene rings is 1. The second kappa shape index (κ2) is 7.72. The number of benzene rings is 2. The Balaban J connectivity index is 1.70. The van der Waals surface area contributed by atoms with Crippen LogP contribution >= 0.6 is 22.9 Å².